The topological polar surface area (TPSA) is 29.5 Å². The largest absolute Gasteiger partial charge is 0.416 e. The van der Waals surface area contributed by atoms with Crippen LogP contribution < -0.4 is 4.74 Å². The third-order valence-corrected chi connectivity index (χ3v) is 2.23. The van der Waals surface area contributed by atoms with E-state index in [-0.39, 0.29) is 11.8 Å². The van der Waals surface area contributed by atoms with Crippen molar-refractivity contribution in [3.8, 4) is 5.75 Å². The summed E-state index contributed by atoms with van der Waals surface area (Å²) in [4.78, 5) is 12.7. The highest BCUT2D eigenvalue weighted by molar-refractivity contribution is 7.81. The van der Waals surface area contributed by atoms with Crippen LogP contribution in [-0.4, -0.2) is 22.7 Å². The van der Waals surface area contributed by atoms with E-state index in [0.29, 0.717) is 5.75 Å². The van der Waals surface area contributed by atoms with Gasteiger partial charge in [0.2, 0.25) is 0 Å². The van der Waals surface area contributed by atoms with Crippen LogP contribution in [0.5, 0.6) is 5.75 Å². The van der Waals surface area contributed by atoms with Gasteiger partial charge in [-0.15, -0.1) is 0 Å². The van der Waals surface area contributed by atoms with Crippen molar-refractivity contribution in [2.24, 2.45) is 0 Å². The molecule has 0 fully saturated rings. The number of carbonyl (C=O) groups is 1. The van der Waals surface area contributed by atoms with Gasteiger partial charge in [-0.05, 0) is 12.1 Å². The molecule has 0 aliphatic carbocycles. The van der Waals surface area contributed by atoms with Crippen molar-refractivity contribution < 1.29 is 9.53 Å². The van der Waals surface area contributed by atoms with Crippen molar-refractivity contribution in [1.82, 2.24) is 4.90 Å². The Balaban J connectivity index is 2.57. The smallest absolute Gasteiger partial charge is 0.410 e. The molecule has 0 heterocycles. The quantitative estimate of drug-likeness (QED) is 0.615. The van der Waals surface area contributed by atoms with E-state index in [9.17, 15) is 4.79 Å². The lowest BCUT2D eigenvalue weighted by Crippen LogP contribution is -2.31. The maximum atomic E-state index is 11.4. The summed E-state index contributed by atoms with van der Waals surface area (Å²) in [6.45, 7) is 0. The maximum Gasteiger partial charge on any atom is 0.416 e. The monoisotopic (exact) mass is 229 g/mol. The molecule has 0 saturated carbocycles. The van der Waals surface area contributed by atoms with Gasteiger partial charge in [-0.1, -0.05) is 18.2 Å². The molecule has 14 heavy (non-hydrogen) atoms. The van der Waals surface area contributed by atoms with E-state index in [1.165, 1.54) is 4.90 Å². The standard InChI is InChI=1S/C9H11NO2S2/c11-9(10(6-13)7-14)12-8-4-2-1-3-5-8/h1-5,13-14H,6-7H2. The van der Waals surface area contributed by atoms with Gasteiger partial charge in [-0.25, -0.2) is 4.79 Å². The van der Waals surface area contributed by atoms with Crippen LogP contribution in [0.1, 0.15) is 0 Å². The van der Waals surface area contributed by atoms with Crippen molar-refractivity contribution in [3.63, 3.8) is 0 Å². The number of para-hydroxylation sites is 1. The number of ether oxygens (including phenoxy) is 1. The Morgan fingerprint density at radius 2 is 1.79 bits per heavy atom. The average molecular weight is 229 g/mol. The van der Waals surface area contributed by atoms with Crippen LogP contribution in [0, 0.1) is 0 Å². The fourth-order valence-corrected chi connectivity index (χ4v) is 1.40. The molecular weight excluding hydrogens is 218 g/mol. The Bertz CT molecular complexity index is 288. The van der Waals surface area contributed by atoms with E-state index >= 15 is 0 Å². The highest BCUT2D eigenvalue weighted by Gasteiger charge is 2.11. The number of rotatable bonds is 3. The van der Waals surface area contributed by atoms with Crippen molar-refractivity contribution in [1.29, 1.82) is 0 Å². The van der Waals surface area contributed by atoms with Crippen LogP contribution in [0.2, 0.25) is 0 Å². The molecule has 1 aromatic rings. The zero-order chi connectivity index (χ0) is 10.4. The lowest BCUT2D eigenvalue weighted by Gasteiger charge is -2.16. The first-order valence-electron chi connectivity index (χ1n) is 4.01. The van der Waals surface area contributed by atoms with Crippen molar-refractivity contribution >= 4 is 31.4 Å². The molecular formula is C9H11NO2S2. The molecule has 0 saturated heterocycles. The minimum absolute atomic E-state index is 0.287. The van der Waals surface area contributed by atoms with Gasteiger partial charge >= 0.3 is 6.09 Å². The van der Waals surface area contributed by atoms with Gasteiger partial charge in [0.05, 0.1) is 11.8 Å². The van der Waals surface area contributed by atoms with E-state index < -0.39 is 6.09 Å². The molecule has 0 aliphatic heterocycles. The summed E-state index contributed by atoms with van der Waals surface area (Å²) in [5, 5.41) is 0. The van der Waals surface area contributed by atoms with E-state index in [0.717, 1.165) is 0 Å². The van der Waals surface area contributed by atoms with E-state index in [4.69, 9.17) is 4.74 Å². The van der Waals surface area contributed by atoms with Gasteiger partial charge in [-0.3, -0.25) is 4.90 Å². The molecule has 0 N–H and O–H groups in total. The number of carbonyl (C=O) groups excluding carboxylic acids is 1. The van der Waals surface area contributed by atoms with Gasteiger partial charge in [0.25, 0.3) is 0 Å². The third-order valence-electron chi connectivity index (χ3n) is 1.55. The minimum Gasteiger partial charge on any atom is -0.410 e. The molecule has 0 spiro atoms. The second kappa shape index (κ2) is 5.82. The van der Waals surface area contributed by atoms with Crippen LogP contribution in [0.25, 0.3) is 0 Å². The second-order valence-corrected chi connectivity index (χ2v) is 3.07. The number of nitrogens with zero attached hydrogens (tertiary/aromatic N) is 1. The predicted octanol–water partition coefficient (Wildman–Crippen LogP) is 2.26. The summed E-state index contributed by atoms with van der Waals surface area (Å²) in [7, 11) is 0. The molecule has 3 nitrogen and oxygen atoms in total. The Labute approximate surface area is 93.9 Å². The molecule has 5 heteroatoms. The Hall–Kier alpha value is -0.810. The highest BCUT2D eigenvalue weighted by atomic mass is 32.1. The zero-order valence-corrected chi connectivity index (χ0v) is 9.25. The molecule has 0 aromatic heterocycles. The summed E-state index contributed by atoms with van der Waals surface area (Å²) >= 11 is 7.96. The molecule has 0 radical (unpaired) electrons. The molecule has 0 aliphatic rings. The normalized spacial score (nSPS) is 9.57. The molecule has 1 rings (SSSR count). The van der Waals surface area contributed by atoms with Crippen LogP contribution in [-0.2, 0) is 0 Å². The Kier molecular flexibility index (Phi) is 4.69. The van der Waals surface area contributed by atoms with Gasteiger partial charge < -0.3 is 4.74 Å². The lowest BCUT2D eigenvalue weighted by molar-refractivity contribution is 0.168. The predicted molar refractivity (Wildman–Crippen MR) is 62.0 cm³/mol. The summed E-state index contributed by atoms with van der Waals surface area (Å²) in [5.41, 5.74) is 0. The Morgan fingerprint density at radius 3 is 2.29 bits per heavy atom. The molecule has 0 unspecified atom stereocenters. The lowest BCUT2D eigenvalue weighted by atomic mass is 10.3. The van der Waals surface area contributed by atoms with Crippen molar-refractivity contribution in [3.05, 3.63) is 30.3 Å². The fourth-order valence-electron chi connectivity index (χ4n) is 0.814. The third kappa shape index (κ3) is 3.16. The molecule has 0 atom stereocenters. The van der Waals surface area contributed by atoms with E-state index in [1.807, 2.05) is 6.07 Å². The second-order valence-electron chi connectivity index (χ2n) is 2.50. The molecule has 76 valence electrons. The molecule has 0 bridgehead atoms. The van der Waals surface area contributed by atoms with E-state index in [1.54, 1.807) is 24.3 Å². The summed E-state index contributed by atoms with van der Waals surface area (Å²) < 4.78 is 5.05. The van der Waals surface area contributed by atoms with Gasteiger partial charge in [0.15, 0.2) is 0 Å². The van der Waals surface area contributed by atoms with Gasteiger partial charge in [0, 0.05) is 0 Å². The van der Waals surface area contributed by atoms with Crippen LogP contribution in [0.3, 0.4) is 0 Å². The summed E-state index contributed by atoms with van der Waals surface area (Å²) in [6.07, 6.45) is -0.443. The highest BCUT2D eigenvalue weighted by Crippen LogP contribution is 2.10. The SMILES string of the molecule is O=C(Oc1ccccc1)N(CS)CS. The Morgan fingerprint density at radius 1 is 1.21 bits per heavy atom. The maximum absolute atomic E-state index is 11.4. The average Bonchev–Trinajstić information content (AvgIpc) is 2.21. The summed E-state index contributed by atoms with van der Waals surface area (Å²) in [6, 6.07) is 8.88. The first-order chi connectivity index (χ1) is 6.77. The number of hydrogen-bond acceptors (Lipinski definition) is 4. The molecule has 1 aromatic carbocycles. The first-order valence-corrected chi connectivity index (χ1v) is 5.28. The fraction of sp³-hybridized carbons (Fsp3) is 0.222. The van der Waals surface area contributed by atoms with Crippen LogP contribution in [0.15, 0.2) is 30.3 Å². The van der Waals surface area contributed by atoms with Gasteiger partial charge in [0.1, 0.15) is 5.75 Å². The number of benzene rings is 1. The minimum atomic E-state index is -0.443. The van der Waals surface area contributed by atoms with Crippen molar-refractivity contribution in [2.75, 3.05) is 11.8 Å². The first kappa shape index (κ1) is 11.3. The van der Waals surface area contributed by atoms with Crippen molar-refractivity contribution in [2.45, 2.75) is 0 Å². The number of amides is 1. The van der Waals surface area contributed by atoms with E-state index in [2.05, 4.69) is 25.3 Å². The summed E-state index contributed by atoms with van der Waals surface area (Å²) in [5.74, 6) is 1.09. The zero-order valence-electron chi connectivity index (χ0n) is 7.46. The number of thiol groups is 2. The van der Waals surface area contributed by atoms with Crippen LogP contribution >= 0.6 is 25.3 Å². The van der Waals surface area contributed by atoms with Crippen LogP contribution in [0.4, 0.5) is 4.79 Å². The molecule has 1 amide bonds. The number of hydrogen-bond donors (Lipinski definition) is 2. The van der Waals surface area contributed by atoms with Gasteiger partial charge in [-0.2, -0.15) is 25.3 Å².